The Hall–Kier alpha value is -1.04. The molecule has 0 saturated carbocycles. The van der Waals surface area contributed by atoms with Gasteiger partial charge in [-0.15, -0.1) is 0 Å². The number of hydrogen-bond acceptors (Lipinski definition) is 2. The van der Waals surface area contributed by atoms with Gasteiger partial charge in [-0.2, -0.15) is 5.26 Å². The third kappa shape index (κ3) is 3.38. The number of amides is 1. The van der Waals surface area contributed by atoms with Crippen molar-refractivity contribution in [1.82, 2.24) is 4.90 Å². The van der Waals surface area contributed by atoms with Gasteiger partial charge in [0, 0.05) is 19.0 Å². The normalized spacial score (nSPS) is 9.58. The molecular formula is C9H16N2O. The van der Waals surface area contributed by atoms with Crippen LogP contribution in [-0.2, 0) is 4.79 Å². The lowest BCUT2D eigenvalue weighted by Gasteiger charge is -2.25. The second-order valence-corrected chi connectivity index (χ2v) is 2.94. The molecule has 1 amide bonds. The molecule has 0 aromatic rings. The van der Waals surface area contributed by atoms with Crippen molar-refractivity contribution in [3.63, 3.8) is 0 Å². The zero-order chi connectivity index (χ0) is 9.56. The fourth-order valence-electron chi connectivity index (χ4n) is 1.04. The molecule has 0 rings (SSSR count). The molecular weight excluding hydrogens is 152 g/mol. The van der Waals surface area contributed by atoms with Gasteiger partial charge in [0.05, 0.1) is 12.5 Å². The summed E-state index contributed by atoms with van der Waals surface area (Å²) < 4.78 is 0. The zero-order valence-electron chi connectivity index (χ0n) is 8.00. The highest BCUT2D eigenvalue weighted by Crippen LogP contribution is 2.02. The van der Waals surface area contributed by atoms with Crippen LogP contribution in [0.5, 0.6) is 0 Å². The van der Waals surface area contributed by atoms with Gasteiger partial charge in [0.1, 0.15) is 0 Å². The van der Waals surface area contributed by atoms with E-state index in [0.29, 0.717) is 19.4 Å². The number of rotatable bonds is 4. The molecule has 0 saturated heterocycles. The average molecular weight is 168 g/mol. The lowest BCUT2D eigenvalue weighted by molar-refractivity contribution is -0.132. The van der Waals surface area contributed by atoms with Crippen molar-refractivity contribution in [2.24, 2.45) is 0 Å². The van der Waals surface area contributed by atoms with Crippen molar-refractivity contribution >= 4 is 5.91 Å². The van der Waals surface area contributed by atoms with Crippen LogP contribution < -0.4 is 0 Å². The third-order valence-corrected chi connectivity index (χ3v) is 1.71. The number of nitrogens with zero attached hydrogens (tertiary/aromatic N) is 2. The van der Waals surface area contributed by atoms with Crippen LogP contribution in [0.1, 0.15) is 33.6 Å². The monoisotopic (exact) mass is 168 g/mol. The zero-order valence-corrected chi connectivity index (χ0v) is 8.00. The highest BCUT2D eigenvalue weighted by Gasteiger charge is 2.13. The second-order valence-electron chi connectivity index (χ2n) is 2.94. The number of hydrogen-bond donors (Lipinski definition) is 0. The molecule has 0 aliphatic heterocycles. The van der Waals surface area contributed by atoms with E-state index in [-0.39, 0.29) is 11.9 Å². The summed E-state index contributed by atoms with van der Waals surface area (Å²) in [5, 5.41) is 8.36. The predicted molar refractivity (Wildman–Crippen MR) is 47.4 cm³/mol. The molecule has 3 heteroatoms. The van der Waals surface area contributed by atoms with Gasteiger partial charge in [-0.05, 0) is 13.8 Å². The van der Waals surface area contributed by atoms with Crippen LogP contribution in [0.25, 0.3) is 0 Å². The summed E-state index contributed by atoms with van der Waals surface area (Å²) in [6.07, 6.45) is 0.938. The maximum Gasteiger partial charge on any atom is 0.222 e. The van der Waals surface area contributed by atoms with Gasteiger partial charge in [0.2, 0.25) is 5.91 Å². The van der Waals surface area contributed by atoms with Crippen molar-refractivity contribution in [3.05, 3.63) is 0 Å². The average Bonchev–Trinajstić information content (AvgIpc) is 2.04. The van der Waals surface area contributed by atoms with E-state index in [9.17, 15) is 4.79 Å². The van der Waals surface area contributed by atoms with Gasteiger partial charge in [0.15, 0.2) is 0 Å². The van der Waals surface area contributed by atoms with E-state index in [0.717, 1.165) is 0 Å². The molecule has 0 aromatic heterocycles. The van der Waals surface area contributed by atoms with Crippen LogP contribution in [0.4, 0.5) is 0 Å². The molecule has 0 aromatic carbocycles. The summed E-state index contributed by atoms with van der Waals surface area (Å²) in [4.78, 5) is 13.0. The Morgan fingerprint density at radius 2 is 2.17 bits per heavy atom. The quantitative estimate of drug-likeness (QED) is 0.639. The molecule has 0 aliphatic rings. The van der Waals surface area contributed by atoms with Crippen LogP contribution in [-0.4, -0.2) is 23.4 Å². The molecule has 0 unspecified atom stereocenters. The first-order chi connectivity index (χ1) is 5.63. The largest absolute Gasteiger partial charge is 0.339 e. The Morgan fingerprint density at radius 1 is 1.58 bits per heavy atom. The molecule has 0 heterocycles. The van der Waals surface area contributed by atoms with Crippen molar-refractivity contribution in [2.45, 2.75) is 39.7 Å². The SMILES string of the molecule is CCC(=O)N(CCC#N)C(C)C. The number of carbonyl (C=O) groups excluding carboxylic acids is 1. The molecule has 0 fully saturated rings. The van der Waals surface area contributed by atoms with E-state index in [1.54, 1.807) is 4.90 Å². The topological polar surface area (TPSA) is 44.1 Å². The molecule has 0 aliphatic carbocycles. The maximum absolute atomic E-state index is 11.3. The minimum atomic E-state index is 0.125. The van der Waals surface area contributed by atoms with Crippen molar-refractivity contribution in [3.8, 4) is 6.07 Å². The summed E-state index contributed by atoms with van der Waals surface area (Å²) >= 11 is 0. The van der Waals surface area contributed by atoms with Crippen LogP contribution in [0.3, 0.4) is 0 Å². The molecule has 0 radical (unpaired) electrons. The first-order valence-corrected chi connectivity index (χ1v) is 4.29. The molecule has 68 valence electrons. The predicted octanol–water partition coefficient (Wildman–Crippen LogP) is 1.55. The van der Waals surface area contributed by atoms with E-state index in [4.69, 9.17) is 5.26 Å². The van der Waals surface area contributed by atoms with E-state index in [1.807, 2.05) is 26.8 Å². The summed E-state index contributed by atoms with van der Waals surface area (Å²) in [6.45, 7) is 6.32. The molecule has 3 nitrogen and oxygen atoms in total. The van der Waals surface area contributed by atoms with Gasteiger partial charge < -0.3 is 4.90 Å². The lowest BCUT2D eigenvalue weighted by atomic mass is 10.2. The van der Waals surface area contributed by atoms with Crippen molar-refractivity contribution in [2.75, 3.05) is 6.54 Å². The van der Waals surface area contributed by atoms with Gasteiger partial charge >= 0.3 is 0 Å². The van der Waals surface area contributed by atoms with Gasteiger partial charge in [-0.1, -0.05) is 6.92 Å². The smallest absolute Gasteiger partial charge is 0.222 e. The van der Waals surface area contributed by atoms with Crippen molar-refractivity contribution < 1.29 is 4.79 Å². The standard InChI is InChI=1S/C9H16N2O/c1-4-9(12)11(8(2)3)7-5-6-10/h8H,4-5,7H2,1-3H3. The van der Waals surface area contributed by atoms with E-state index in [2.05, 4.69) is 0 Å². The number of nitriles is 1. The highest BCUT2D eigenvalue weighted by molar-refractivity contribution is 5.76. The van der Waals surface area contributed by atoms with Gasteiger partial charge in [-0.3, -0.25) is 4.79 Å². The van der Waals surface area contributed by atoms with Gasteiger partial charge in [-0.25, -0.2) is 0 Å². The first-order valence-electron chi connectivity index (χ1n) is 4.29. The Morgan fingerprint density at radius 3 is 2.50 bits per heavy atom. The summed E-state index contributed by atoms with van der Waals surface area (Å²) in [7, 11) is 0. The van der Waals surface area contributed by atoms with Gasteiger partial charge in [0.25, 0.3) is 0 Å². The number of carbonyl (C=O) groups is 1. The van der Waals surface area contributed by atoms with Crippen LogP contribution in [0.15, 0.2) is 0 Å². The van der Waals surface area contributed by atoms with Crippen LogP contribution in [0.2, 0.25) is 0 Å². The summed E-state index contributed by atoms with van der Waals surface area (Å²) in [5.74, 6) is 0.125. The third-order valence-electron chi connectivity index (χ3n) is 1.71. The Bertz CT molecular complexity index is 181. The Balaban J connectivity index is 4.06. The summed E-state index contributed by atoms with van der Waals surface area (Å²) in [5.41, 5.74) is 0. The molecule has 0 N–H and O–H groups in total. The van der Waals surface area contributed by atoms with Crippen molar-refractivity contribution in [1.29, 1.82) is 5.26 Å². The molecule has 12 heavy (non-hydrogen) atoms. The minimum Gasteiger partial charge on any atom is -0.339 e. The van der Waals surface area contributed by atoms with E-state index in [1.165, 1.54) is 0 Å². The minimum absolute atomic E-state index is 0.125. The van der Waals surface area contributed by atoms with Crippen LogP contribution >= 0.6 is 0 Å². The first kappa shape index (κ1) is 11.0. The lowest BCUT2D eigenvalue weighted by Crippen LogP contribution is -2.37. The van der Waals surface area contributed by atoms with Crippen LogP contribution in [0, 0.1) is 11.3 Å². The van der Waals surface area contributed by atoms with E-state index >= 15 is 0 Å². The fourth-order valence-corrected chi connectivity index (χ4v) is 1.04. The highest BCUT2D eigenvalue weighted by atomic mass is 16.2. The molecule has 0 atom stereocenters. The fraction of sp³-hybridized carbons (Fsp3) is 0.778. The maximum atomic E-state index is 11.3. The molecule has 0 spiro atoms. The summed E-state index contributed by atoms with van der Waals surface area (Å²) in [6, 6.07) is 2.24. The van der Waals surface area contributed by atoms with E-state index < -0.39 is 0 Å². The Labute approximate surface area is 74.0 Å². The Kier molecular flexibility index (Phi) is 5.11. The second kappa shape index (κ2) is 5.59. The molecule has 0 bridgehead atoms.